The number of likely N-dealkylation sites (tertiary alicyclic amines) is 1. The lowest BCUT2D eigenvalue weighted by molar-refractivity contribution is 0.0583. The Kier molecular flexibility index (Phi) is 6.47. The Morgan fingerprint density at radius 3 is 2.71 bits per heavy atom. The van der Waals surface area contributed by atoms with Crippen LogP contribution < -0.4 is 9.47 Å². The van der Waals surface area contributed by atoms with Crippen molar-refractivity contribution in [3.05, 3.63) is 59.9 Å². The number of methoxy groups -OCH3 is 2. The van der Waals surface area contributed by atoms with Crippen LogP contribution in [0.5, 0.6) is 11.5 Å². The number of hydrogen-bond donors (Lipinski definition) is 0. The molecule has 1 amide bonds. The molecule has 1 aliphatic rings. The van der Waals surface area contributed by atoms with Crippen molar-refractivity contribution in [2.24, 2.45) is 0 Å². The molecule has 1 atom stereocenters. The number of amides is 1. The van der Waals surface area contributed by atoms with Crippen LogP contribution in [-0.4, -0.2) is 62.7 Å². The molecule has 2 aromatic carbocycles. The largest absolute Gasteiger partial charge is 0.493 e. The zero-order chi connectivity index (χ0) is 21.8. The number of benzene rings is 2. The molecule has 0 radical (unpaired) electrons. The first-order valence-electron chi connectivity index (χ1n) is 10.8. The maximum absolute atomic E-state index is 13.0. The Morgan fingerprint density at radius 2 is 1.94 bits per heavy atom. The number of fused-ring (bicyclic) bond motifs is 1. The molecule has 0 bridgehead atoms. The van der Waals surface area contributed by atoms with Gasteiger partial charge >= 0.3 is 0 Å². The van der Waals surface area contributed by atoms with E-state index in [2.05, 4.69) is 18.0 Å². The molecule has 1 fully saturated rings. The van der Waals surface area contributed by atoms with Gasteiger partial charge in [-0.25, -0.2) is 0 Å². The van der Waals surface area contributed by atoms with Gasteiger partial charge in [-0.15, -0.1) is 0 Å². The highest BCUT2D eigenvalue weighted by molar-refractivity contribution is 5.96. The van der Waals surface area contributed by atoms with Gasteiger partial charge in [0.25, 0.3) is 5.91 Å². The first kappa shape index (κ1) is 21.2. The maximum Gasteiger partial charge on any atom is 0.289 e. The third kappa shape index (κ3) is 4.69. The van der Waals surface area contributed by atoms with Crippen molar-refractivity contribution in [2.75, 3.05) is 40.9 Å². The summed E-state index contributed by atoms with van der Waals surface area (Å²) in [6.07, 6.45) is 2.99. The summed E-state index contributed by atoms with van der Waals surface area (Å²) in [5, 5.41) is 0.964. The standard InChI is InChI=1S/C25H30N2O4/c1-26(14-12-18-10-11-22(29-2)23(15-18)30-3)20-8-6-13-27(17-20)25(28)24-16-19-7-4-5-9-21(19)31-24/h4-5,7,9-11,15-16,20H,6,8,12-14,17H2,1-3H3/t20-/m0/s1. The molecule has 0 aliphatic carbocycles. The molecule has 1 aliphatic heterocycles. The first-order valence-corrected chi connectivity index (χ1v) is 10.8. The smallest absolute Gasteiger partial charge is 0.289 e. The van der Waals surface area contributed by atoms with Gasteiger partial charge in [-0.2, -0.15) is 0 Å². The Labute approximate surface area is 183 Å². The summed E-state index contributed by atoms with van der Waals surface area (Å²) >= 11 is 0. The van der Waals surface area contributed by atoms with Crippen LogP contribution in [0.4, 0.5) is 0 Å². The minimum atomic E-state index is -0.0193. The monoisotopic (exact) mass is 422 g/mol. The number of carbonyl (C=O) groups is 1. The molecule has 0 spiro atoms. The van der Waals surface area contributed by atoms with Gasteiger partial charge in [0.1, 0.15) is 5.58 Å². The fourth-order valence-electron chi connectivity index (χ4n) is 4.27. The Hall–Kier alpha value is -2.99. The second kappa shape index (κ2) is 9.43. The molecule has 4 rings (SSSR count). The van der Waals surface area contributed by atoms with Crippen molar-refractivity contribution in [3.8, 4) is 11.5 Å². The van der Waals surface area contributed by atoms with E-state index in [1.165, 1.54) is 5.56 Å². The molecular weight excluding hydrogens is 392 g/mol. The topological polar surface area (TPSA) is 55.2 Å². The van der Waals surface area contributed by atoms with Gasteiger partial charge in [-0.3, -0.25) is 4.79 Å². The number of furan rings is 1. The van der Waals surface area contributed by atoms with Gasteiger partial charge in [-0.1, -0.05) is 24.3 Å². The minimum absolute atomic E-state index is 0.0193. The summed E-state index contributed by atoms with van der Waals surface area (Å²) in [4.78, 5) is 17.3. The van der Waals surface area contributed by atoms with Gasteiger partial charge in [0.15, 0.2) is 17.3 Å². The summed E-state index contributed by atoms with van der Waals surface area (Å²) in [7, 11) is 5.44. The van der Waals surface area contributed by atoms with Gasteiger partial charge in [0.05, 0.1) is 14.2 Å². The van der Waals surface area contributed by atoms with Crippen molar-refractivity contribution in [1.82, 2.24) is 9.80 Å². The number of ether oxygens (including phenoxy) is 2. The van der Waals surface area contributed by atoms with E-state index in [1.54, 1.807) is 14.2 Å². The van der Waals surface area contributed by atoms with Crippen LogP contribution in [0.1, 0.15) is 29.0 Å². The molecule has 31 heavy (non-hydrogen) atoms. The molecular formula is C25H30N2O4. The average molecular weight is 423 g/mol. The lowest BCUT2D eigenvalue weighted by atomic mass is 10.0. The van der Waals surface area contributed by atoms with Crippen LogP contribution >= 0.6 is 0 Å². The molecule has 3 aromatic rings. The highest BCUT2D eigenvalue weighted by atomic mass is 16.5. The number of likely N-dealkylation sites (N-methyl/N-ethyl adjacent to an activating group) is 1. The summed E-state index contributed by atoms with van der Waals surface area (Å²) in [5.74, 6) is 1.90. The molecule has 0 N–H and O–H groups in total. The van der Waals surface area contributed by atoms with Crippen molar-refractivity contribution in [2.45, 2.75) is 25.3 Å². The van der Waals surface area contributed by atoms with Crippen LogP contribution in [0.3, 0.4) is 0 Å². The maximum atomic E-state index is 13.0. The number of para-hydroxylation sites is 1. The van der Waals surface area contributed by atoms with Crippen LogP contribution in [0.15, 0.2) is 52.9 Å². The second-order valence-corrected chi connectivity index (χ2v) is 8.12. The van der Waals surface area contributed by atoms with E-state index in [-0.39, 0.29) is 5.91 Å². The summed E-state index contributed by atoms with van der Waals surface area (Å²) in [6, 6.07) is 16.0. The van der Waals surface area contributed by atoms with E-state index in [4.69, 9.17) is 13.9 Å². The fourth-order valence-corrected chi connectivity index (χ4v) is 4.27. The molecule has 6 heteroatoms. The van der Waals surface area contributed by atoms with Crippen LogP contribution in [0.25, 0.3) is 11.0 Å². The average Bonchev–Trinajstić information content (AvgIpc) is 3.26. The zero-order valence-electron chi connectivity index (χ0n) is 18.5. The number of hydrogen-bond acceptors (Lipinski definition) is 5. The highest BCUT2D eigenvalue weighted by Crippen LogP contribution is 2.28. The summed E-state index contributed by atoms with van der Waals surface area (Å²) < 4.78 is 16.5. The Bertz CT molecular complexity index is 1010. The summed E-state index contributed by atoms with van der Waals surface area (Å²) in [6.45, 7) is 2.40. The highest BCUT2D eigenvalue weighted by Gasteiger charge is 2.28. The van der Waals surface area contributed by atoms with Gasteiger partial charge in [0, 0.05) is 31.1 Å². The molecule has 1 aromatic heterocycles. The van der Waals surface area contributed by atoms with E-state index in [0.29, 0.717) is 11.8 Å². The number of nitrogens with zero attached hydrogens (tertiary/aromatic N) is 2. The van der Waals surface area contributed by atoms with Crippen LogP contribution in [0.2, 0.25) is 0 Å². The Balaban J connectivity index is 1.37. The predicted molar refractivity (Wildman–Crippen MR) is 121 cm³/mol. The number of rotatable bonds is 7. The summed E-state index contributed by atoms with van der Waals surface area (Å²) in [5.41, 5.74) is 1.96. The lowest BCUT2D eigenvalue weighted by Gasteiger charge is -2.37. The third-order valence-electron chi connectivity index (χ3n) is 6.14. The van der Waals surface area contributed by atoms with Crippen LogP contribution in [-0.2, 0) is 6.42 Å². The second-order valence-electron chi connectivity index (χ2n) is 8.12. The van der Waals surface area contributed by atoms with E-state index in [1.807, 2.05) is 47.4 Å². The quantitative estimate of drug-likeness (QED) is 0.570. The molecule has 164 valence electrons. The lowest BCUT2D eigenvalue weighted by Crippen LogP contribution is -2.49. The van der Waals surface area contributed by atoms with Crippen molar-refractivity contribution in [1.29, 1.82) is 0 Å². The fraction of sp³-hybridized carbons (Fsp3) is 0.400. The molecule has 0 unspecified atom stereocenters. The van der Waals surface area contributed by atoms with E-state index >= 15 is 0 Å². The van der Waals surface area contributed by atoms with Crippen molar-refractivity contribution in [3.63, 3.8) is 0 Å². The molecule has 0 saturated carbocycles. The van der Waals surface area contributed by atoms with Crippen LogP contribution in [0, 0.1) is 0 Å². The SMILES string of the molecule is COc1ccc(CCN(C)[C@H]2CCCN(C(=O)c3cc4ccccc4o3)C2)cc1OC. The molecule has 2 heterocycles. The van der Waals surface area contributed by atoms with E-state index in [0.717, 1.165) is 61.4 Å². The predicted octanol–water partition coefficient (Wildman–Crippen LogP) is 4.23. The zero-order valence-corrected chi connectivity index (χ0v) is 18.5. The third-order valence-corrected chi connectivity index (χ3v) is 6.14. The van der Waals surface area contributed by atoms with Crippen molar-refractivity contribution >= 4 is 16.9 Å². The van der Waals surface area contributed by atoms with Gasteiger partial charge < -0.3 is 23.7 Å². The van der Waals surface area contributed by atoms with Crippen molar-refractivity contribution < 1.29 is 18.7 Å². The van der Waals surface area contributed by atoms with E-state index in [9.17, 15) is 4.79 Å². The Morgan fingerprint density at radius 1 is 1.13 bits per heavy atom. The number of piperidine rings is 1. The first-order chi connectivity index (χ1) is 15.1. The van der Waals surface area contributed by atoms with E-state index < -0.39 is 0 Å². The molecule has 6 nitrogen and oxygen atoms in total. The normalized spacial score (nSPS) is 16.6. The number of carbonyl (C=O) groups excluding carboxylic acids is 1. The molecule has 1 saturated heterocycles. The minimum Gasteiger partial charge on any atom is -0.493 e. The van der Waals surface area contributed by atoms with Gasteiger partial charge in [0.2, 0.25) is 0 Å². The van der Waals surface area contributed by atoms with Gasteiger partial charge in [-0.05, 0) is 56.1 Å².